The molecule has 0 aromatic carbocycles. The minimum absolute atomic E-state index is 0.0619. The summed E-state index contributed by atoms with van der Waals surface area (Å²) in [5.41, 5.74) is 0. The summed E-state index contributed by atoms with van der Waals surface area (Å²) in [5, 5.41) is 18.7. The summed E-state index contributed by atoms with van der Waals surface area (Å²) >= 11 is 0. The molecule has 0 spiro atoms. The van der Waals surface area contributed by atoms with Crippen molar-refractivity contribution in [2.45, 2.75) is 45.2 Å². The molecule has 23 heavy (non-hydrogen) atoms. The molecular weight excluding hydrogens is 292 g/mol. The van der Waals surface area contributed by atoms with E-state index in [2.05, 4.69) is 29.7 Å². The highest BCUT2D eigenvalue weighted by Crippen LogP contribution is 2.17. The zero-order chi connectivity index (χ0) is 16.8. The highest BCUT2D eigenvalue weighted by atomic mass is 16.3. The molecule has 2 heterocycles. The number of carbonyl (C=O) groups excluding carboxylic acids is 1. The molecule has 2 fully saturated rings. The Labute approximate surface area is 139 Å². The highest BCUT2D eigenvalue weighted by molar-refractivity contribution is 5.78. The maximum Gasteiger partial charge on any atom is 0.236 e. The lowest BCUT2D eigenvalue weighted by atomic mass is 10.0. The lowest BCUT2D eigenvalue weighted by molar-refractivity contribution is -0.135. The SMILES string of the molecule is CC(C)C(C#N)N1CCN(C(=O)CN2CCCCC2CO)CC1. The molecule has 0 radical (unpaired) electrons. The van der Waals surface area contributed by atoms with Crippen LogP contribution in [0.3, 0.4) is 0 Å². The number of carbonyl (C=O) groups is 1. The Morgan fingerprint density at radius 2 is 1.91 bits per heavy atom. The van der Waals surface area contributed by atoms with Crippen molar-refractivity contribution in [3.63, 3.8) is 0 Å². The number of amides is 1. The molecule has 0 aromatic heterocycles. The molecule has 1 N–H and O–H groups in total. The molecule has 6 nitrogen and oxygen atoms in total. The number of likely N-dealkylation sites (tertiary alicyclic amines) is 1. The Bertz CT molecular complexity index is 427. The van der Waals surface area contributed by atoms with Crippen molar-refractivity contribution in [3.8, 4) is 6.07 Å². The third kappa shape index (κ3) is 4.66. The van der Waals surface area contributed by atoms with E-state index in [1.807, 2.05) is 4.90 Å². The first-order valence-corrected chi connectivity index (χ1v) is 8.83. The molecule has 0 aromatic rings. The fourth-order valence-corrected chi connectivity index (χ4v) is 3.65. The molecule has 0 saturated carbocycles. The molecular formula is C17H30N4O2. The first-order chi connectivity index (χ1) is 11.1. The van der Waals surface area contributed by atoms with Gasteiger partial charge in [-0.15, -0.1) is 0 Å². The van der Waals surface area contributed by atoms with E-state index in [-0.39, 0.29) is 24.6 Å². The Morgan fingerprint density at radius 3 is 2.48 bits per heavy atom. The van der Waals surface area contributed by atoms with E-state index in [0.29, 0.717) is 25.6 Å². The van der Waals surface area contributed by atoms with Gasteiger partial charge in [-0.25, -0.2) is 0 Å². The largest absolute Gasteiger partial charge is 0.395 e. The van der Waals surface area contributed by atoms with Crippen LogP contribution in [0.15, 0.2) is 0 Å². The van der Waals surface area contributed by atoms with E-state index in [1.54, 1.807) is 0 Å². The van der Waals surface area contributed by atoms with Crippen molar-refractivity contribution in [2.75, 3.05) is 45.9 Å². The number of hydrogen-bond acceptors (Lipinski definition) is 5. The quantitative estimate of drug-likeness (QED) is 0.799. The minimum atomic E-state index is -0.0619. The van der Waals surface area contributed by atoms with Crippen LogP contribution in [0.2, 0.25) is 0 Å². The van der Waals surface area contributed by atoms with Gasteiger partial charge in [-0.2, -0.15) is 5.26 Å². The average Bonchev–Trinajstić information content (AvgIpc) is 2.56. The topological polar surface area (TPSA) is 70.8 Å². The molecule has 2 rings (SSSR count). The second-order valence-corrected chi connectivity index (χ2v) is 7.04. The molecule has 2 unspecified atom stereocenters. The van der Waals surface area contributed by atoms with Gasteiger partial charge < -0.3 is 10.0 Å². The van der Waals surface area contributed by atoms with Gasteiger partial charge in [0.05, 0.1) is 19.2 Å². The van der Waals surface area contributed by atoms with Crippen LogP contribution < -0.4 is 0 Å². The number of nitriles is 1. The second kappa shape index (κ2) is 8.62. The summed E-state index contributed by atoms with van der Waals surface area (Å²) < 4.78 is 0. The normalized spacial score (nSPS) is 25.3. The van der Waals surface area contributed by atoms with E-state index in [9.17, 15) is 15.2 Å². The monoisotopic (exact) mass is 322 g/mol. The lowest BCUT2D eigenvalue weighted by Gasteiger charge is -2.40. The molecule has 0 aliphatic carbocycles. The maximum absolute atomic E-state index is 12.5. The van der Waals surface area contributed by atoms with Crippen LogP contribution in [-0.4, -0.2) is 83.7 Å². The summed E-state index contributed by atoms with van der Waals surface area (Å²) in [4.78, 5) is 18.8. The van der Waals surface area contributed by atoms with E-state index >= 15 is 0 Å². The van der Waals surface area contributed by atoms with Crippen molar-refractivity contribution in [2.24, 2.45) is 5.92 Å². The molecule has 1 amide bonds. The molecule has 2 atom stereocenters. The van der Waals surface area contributed by atoms with Gasteiger partial charge in [0.1, 0.15) is 6.04 Å². The Morgan fingerprint density at radius 1 is 1.22 bits per heavy atom. The molecule has 2 aliphatic rings. The first-order valence-electron chi connectivity index (χ1n) is 8.83. The van der Waals surface area contributed by atoms with Crippen molar-refractivity contribution < 1.29 is 9.90 Å². The van der Waals surface area contributed by atoms with Crippen LogP contribution in [-0.2, 0) is 4.79 Å². The molecule has 0 bridgehead atoms. The molecule has 2 saturated heterocycles. The summed E-state index contributed by atoms with van der Waals surface area (Å²) in [6.07, 6.45) is 3.23. The first kappa shape index (κ1) is 18.2. The maximum atomic E-state index is 12.5. The Balaban J connectivity index is 1.82. The van der Waals surface area contributed by atoms with Gasteiger partial charge in [-0.3, -0.25) is 14.6 Å². The van der Waals surface area contributed by atoms with Crippen molar-refractivity contribution in [3.05, 3.63) is 0 Å². The van der Waals surface area contributed by atoms with Gasteiger partial charge in [0, 0.05) is 32.2 Å². The van der Waals surface area contributed by atoms with E-state index in [0.717, 1.165) is 38.9 Å². The number of aliphatic hydroxyl groups is 1. The average molecular weight is 322 g/mol. The van der Waals surface area contributed by atoms with Crippen molar-refractivity contribution in [1.82, 2.24) is 14.7 Å². The van der Waals surface area contributed by atoms with E-state index < -0.39 is 0 Å². The van der Waals surface area contributed by atoms with Gasteiger partial charge in [0.2, 0.25) is 5.91 Å². The third-order valence-electron chi connectivity index (χ3n) is 5.12. The number of piperidine rings is 1. The Kier molecular flexibility index (Phi) is 6.82. The van der Waals surface area contributed by atoms with Crippen LogP contribution in [0.4, 0.5) is 0 Å². The predicted octanol–water partition coefficient (Wildman–Crippen LogP) is 0.526. The summed E-state index contributed by atoms with van der Waals surface area (Å²) in [5.74, 6) is 0.462. The molecule has 130 valence electrons. The number of hydrogen-bond donors (Lipinski definition) is 1. The van der Waals surface area contributed by atoms with Gasteiger partial charge in [-0.05, 0) is 25.3 Å². The van der Waals surface area contributed by atoms with Crippen LogP contribution >= 0.6 is 0 Å². The number of piperazine rings is 1. The minimum Gasteiger partial charge on any atom is -0.395 e. The zero-order valence-electron chi connectivity index (χ0n) is 14.4. The van der Waals surface area contributed by atoms with Crippen LogP contribution in [0.1, 0.15) is 33.1 Å². The van der Waals surface area contributed by atoms with Crippen LogP contribution in [0.25, 0.3) is 0 Å². The molecule has 2 aliphatic heterocycles. The highest BCUT2D eigenvalue weighted by Gasteiger charge is 2.30. The van der Waals surface area contributed by atoms with Crippen LogP contribution in [0, 0.1) is 17.2 Å². The zero-order valence-corrected chi connectivity index (χ0v) is 14.4. The molecule has 6 heteroatoms. The van der Waals surface area contributed by atoms with E-state index in [1.165, 1.54) is 0 Å². The number of nitrogens with zero attached hydrogens (tertiary/aromatic N) is 4. The fraction of sp³-hybridized carbons (Fsp3) is 0.882. The lowest BCUT2D eigenvalue weighted by Crippen LogP contribution is -2.55. The standard InChI is InChI=1S/C17H30N4O2/c1-14(2)16(11-18)19-7-9-20(10-8-19)17(23)12-21-6-4-3-5-15(21)13-22/h14-16,22H,3-10,12-13H2,1-2H3. The summed E-state index contributed by atoms with van der Waals surface area (Å²) in [7, 11) is 0. The smallest absolute Gasteiger partial charge is 0.236 e. The Hall–Kier alpha value is -1.16. The summed E-state index contributed by atoms with van der Waals surface area (Å²) in [6, 6.07) is 2.46. The van der Waals surface area contributed by atoms with E-state index in [4.69, 9.17) is 0 Å². The summed E-state index contributed by atoms with van der Waals surface area (Å²) in [6.45, 7) is 8.52. The van der Waals surface area contributed by atoms with Crippen molar-refractivity contribution in [1.29, 1.82) is 5.26 Å². The number of rotatable bonds is 5. The van der Waals surface area contributed by atoms with Gasteiger partial charge >= 0.3 is 0 Å². The van der Waals surface area contributed by atoms with Crippen molar-refractivity contribution >= 4 is 5.91 Å². The fourth-order valence-electron chi connectivity index (χ4n) is 3.65. The van der Waals surface area contributed by atoms with Crippen LogP contribution in [0.5, 0.6) is 0 Å². The number of aliphatic hydroxyl groups excluding tert-OH is 1. The van der Waals surface area contributed by atoms with Gasteiger partial charge in [0.15, 0.2) is 0 Å². The third-order valence-corrected chi connectivity index (χ3v) is 5.12. The van der Waals surface area contributed by atoms with Gasteiger partial charge in [0.25, 0.3) is 0 Å². The second-order valence-electron chi connectivity index (χ2n) is 7.04. The predicted molar refractivity (Wildman–Crippen MR) is 88.7 cm³/mol. The van der Waals surface area contributed by atoms with Gasteiger partial charge in [-0.1, -0.05) is 20.3 Å².